The topological polar surface area (TPSA) is 76.0 Å². The van der Waals surface area contributed by atoms with Crippen LogP contribution < -0.4 is 10.6 Å². The molecule has 7 heteroatoms. The molecule has 0 unspecified atom stereocenters. The molecule has 2 aromatic carbocycles. The van der Waals surface area contributed by atoms with Gasteiger partial charge in [-0.1, -0.05) is 29.8 Å². The molecule has 4 rings (SSSR count). The molecule has 0 saturated carbocycles. The second-order valence-corrected chi connectivity index (χ2v) is 6.00. The fourth-order valence-corrected chi connectivity index (χ4v) is 3.09. The minimum absolute atomic E-state index is 0.0195. The second-order valence-electron chi connectivity index (χ2n) is 5.56. The fourth-order valence-electron chi connectivity index (χ4n) is 2.90. The van der Waals surface area contributed by atoms with Crippen LogP contribution in [-0.2, 0) is 9.59 Å². The third-order valence-electron chi connectivity index (χ3n) is 3.93. The first-order chi connectivity index (χ1) is 11.6. The Morgan fingerprint density at radius 3 is 2.92 bits per heavy atom. The van der Waals surface area contributed by atoms with Crippen molar-refractivity contribution in [2.75, 3.05) is 10.6 Å². The van der Waals surface area contributed by atoms with Gasteiger partial charge in [0.2, 0.25) is 17.8 Å². The zero-order chi connectivity index (χ0) is 16.7. The van der Waals surface area contributed by atoms with Crippen molar-refractivity contribution in [1.82, 2.24) is 9.55 Å². The lowest BCUT2D eigenvalue weighted by molar-refractivity contribution is -0.123. The summed E-state index contributed by atoms with van der Waals surface area (Å²) in [7, 11) is 0. The summed E-state index contributed by atoms with van der Waals surface area (Å²) < 4.78 is 1.77. The quantitative estimate of drug-likeness (QED) is 0.768. The molecule has 1 atom stereocenters. The van der Waals surface area contributed by atoms with Gasteiger partial charge in [0.1, 0.15) is 6.04 Å². The molecule has 2 N–H and O–H groups in total. The van der Waals surface area contributed by atoms with Gasteiger partial charge in [0.15, 0.2) is 0 Å². The van der Waals surface area contributed by atoms with Crippen LogP contribution in [0.5, 0.6) is 0 Å². The van der Waals surface area contributed by atoms with Gasteiger partial charge in [-0.15, -0.1) is 0 Å². The summed E-state index contributed by atoms with van der Waals surface area (Å²) in [5, 5.41) is 6.03. The molecule has 2 heterocycles. The monoisotopic (exact) mass is 340 g/mol. The van der Waals surface area contributed by atoms with Crippen LogP contribution in [-0.4, -0.2) is 21.4 Å². The normalized spacial score (nSPS) is 16.0. The number of benzene rings is 2. The fraction of sp³-hybridized carbons (Fsp3) is 0.118. The molecular weight excluding hydrogens is 328 g/mol. The largest absolute Gasteiger partial charge is 0.326 e. The van der Waals surface area contributed by atoms with Crippen molar-refractivity contribution in [2.45, 2.75) is 12.5 Å². The van der Waals surface area contributed by atoms with Crippen LogP contribution in [0, 0.1) is 0 Å². The van der Waals surface area contributed by atoms with E-state index in [4.69, 9.17) is 11.6 Å². The minimum Gasteiger partial charge on any atom is -0.326 e. The average Bonchev–Trinajstić information content (AvgIpc) is 3.03. The lowest BCUT2D eigenvalue weighted by atomic mass is 10.1. The number of hydrogen-bond acceptors (Lipinski definition) is 3. The molecule has 1 aliphatic heterocycles. The van der Waals surface area contributed by atoms with E-state index in [9.17, 15) is 9.59 Å². The lowest BCUT2D eigenvalue weighted by Gasteiger charge is -2.12. The highest BCUT2D eigenvalue weighted by Gasteiger charge is 2.34. The van der Waals surface area contributed by atoms with Crippen LogP contribution in [0.15, 0.2) is 48.5 Å². The minimum atomic E-state index is -0.619. The smallest absolute Gasteiger partial charge is 0.250 e. The van der Waals surface area contributed by atoms with Gasteiger partial charge in [-0.3, -0.25) is 19.5 Å². The first kappa shape index (κ1) is 14.7. The Morgan fingerprint density at radius 1 is 1.25 bits per heavy atom. The zero-order valence-electron chi connectivity index (χ0n) is 12.5. The predicted molar refractivity (Wildman–Crippen MR) is 92.1 cm³/mol. The van der Waals surface area contributed by atoms with Gasteiger partial charge >= 0.3 is 0 Å². The number of amides is 2. The van der Waals surface area contributed by atoms with Crippen LogP contribution in [0.1, 0.15) is 12.5 Å². The number of fused-ring (bicyclic) bond motifs is 3. The zero-order valence-corrected chi connectivity index (χ0v) is 13.2. The van der Waals surface area contributed by atoms with Crippen LogP contribution in [0.3, 0.4) is 0 Å². The summed E-state index contributed by atoms with van der Waals surface area (Å²) in [6.45, 7) is 0. The van der Waals surface area contributed by atoms with E-state index >= 15 is 0 Å². The Morgan fingerprint density at radius 2 is 2.08 bits per heavy atom. The number of hydrogen-bond donors (Lipinski definition) is 2. The molecule has 2 amide bonds. The van der Waals surface area contributed by atoms with E-state index < -0.39 is 6.04 Å². The van der Waals surface area contributed by atoms with Crippen molar-refractivity contribution in [1.29, 1.82) is 0 Å². The van der Waals surface area contributed by atoms with E-state index in [1.165, 1.54) is 0 Å². The third-order valence-corrected chi connectivity index (χ3v) is 4.17. The number of nitrogens with zero attached hydrogens (tertiary/aromatic N) is 2. The molecule has 0 saturated heterocycles. The maximum Gasteiger partial charge on any atom is 0.250 e. The highest BCUT2D eigenvalue weighted by molar-refractivity contribution is 6.30. The van der Waals surface area contributed by atoms with Gasteiger partial charge in [-0.25, -0.2) is 4.98 Å². The first-order valence-electron chi connectivity index (χ1n) is 7.45. The number of halogens is 1. The molecule has 0 aliphatic carbocycles. The third kappa shape index (κ3) is 2.51. The van der Waals surface area contributed by atoms with Gasteiger partial charge in [-0.05, 0) is 30.3 Å². The van der Waals surface area contributed by atoms with Gasteiger partial charge < -0.3 is 5.32 Å². The molecule has 1 aliphatic rings. The lowest BCUT2D eigenvalue weighted by Crippen LogP contribution is -2.23. The second kappa shape index (κ2) is 5.65. The molecule has 1 aromatic heterocycles. The number of para-hydroxylation sites is 2. The van der Waals surface area contributed by atoms with Crippen molar-refractivity contribution < 1.29 is 9.59 Å². The van der Waals surface area contributed by atoms with E-state index in [0.29, 0.717) is 16.7 Å². The van der Waals surface area contributed by atoms with E-state index in [0.717, 1.165) is 11.0 Å². The van der Waals surface area contributed by atoms with Crippen LogP contribution in [0.2, 0.25) is 5.02 Å². The number of carbonyl (C=O) groups excluding carboxylic acids is 2. The predicted octanol–water partition coefficient (Wildman–Crippen LogP) is 3.21. The van der Waals surface area contributed by atoms with Crippen molar-refractivity contribution in [3.63, 3.8) is 0 Å². The van der Waals surface area contributed by atoms with Gasteiger partial charge in [-0.2, -0.15) is 0 Å². The van der Waals surface area contributed by atoms with Crippen LogP contribution in [0.4, 0.5) is 11.6 Å². The SMILES string of the molecule is O=C(C[C@@H]1C(=O)Nc2nc3ccccc3n21)Nc1cccc(Cl)c1. The van der Waals surface area contributed by atoms with Gasteiger partial charge in [0.05, 0.1) is 17.5 Å². The molecule has 120 valence electrons. The Labute approximate surface area is 142 Å². The van der Waals surface area contributed by atoms with Crippen molar-refractivity contribution >= 4 is 46.1 Å². The van der Waals surface area contributed by atoms with E-state index in [1.807, 2.05) is 24.3 Å². The summed E-state index contributed by atoms with van der Waals surface area (Å²) in [5.74, 6) is -0.0192. The van der Waals surface area contributed by atoms with E-state index in [1.54, 1.807) is 28.8 Å². The molecule has 24 heavy (non-hydrogen) atoms. The summed E-state index contributed by atoms with van der Waals surface area (Å²) in [6, 6.07) is 13.8. The van der Waals surface area contributed by atoms with Gasteiger partial charge in [0.25, 0.3) is 0 Å². The standard InChI is InChI=1S/C17H13ClN4O2/c18-10-4-3-5-11(8-10)19-15(23)9-14-16(24)21-17-20-12-6-1-2-7-13(12)22(14)17/h1-8,14H,9H2,(H,19,23)(H,20,21,24)/t14-/m1/s1. The molecule has 3 aromatic rings. The molecule has 0 fully saturated rings. The van der Waals surface area contributed by atoms with Crippen molar-refractivity contribution in [2.24, 2.45) is 0 Å². The van der Waals surface area contributed by atoms with Crippen LogP contribution in [0.25, 0.3) is 11.0 Å². The van der Waals surface area contributed by atoms with Crippen LogP contribution >= 0.6 is 11.6 Å². The Balaban J connectivity index is 1.59. The van der Waals surface area contributed by atoms with E-state index in [-0.39, 0.29) is 18.2 Å². The van der Waals surface area contributed by atoms with Crippen molar-refractivity contribution in [3.8, 4) is 0 Å². The van der Waals surface area contributed by atoms with Gasteiger partial charge in [0, 0.05) is 10.7 Å². The molecule has 0 radical (unpaired) electrons. The maximum absolute atomic E-state index is 12.3. The summed E-state index contributed by atoms with van der Waals surface area (Å²) in [5.41, 5.74) is 2.21. The van der Waals surface area contributed by atoms with E-state index in [2.05, 4.69) is 15.6 Å². The molecule has 6 nitrogen and oxygen atoms in total. The highest BCUT2D eigenvalue weighted by Crippen LogP contribution is 2.32. The number of aromatic nitrogens is 2. The Kier molecular flexibility index (Phi) is 3.46. The Bertz CT molecular complexity index is 966. The average molecular weight is 341 g/mol. The number of nitrogens with one attached hydrogen (secondary N) is 2. The van der Waals surface area contributed by atoms with Crippen molar-refractivity contribution in [3.05, 3.63) is 53.6 Å². The summed E-state index contributed by atoms with van der Waals surface area (Å²) in [6.07, 6.45) is 0.0195. The molecule has 0 bridgehead atoms. The highest BCUT2D eigenvalue weighted by atomic mass is 35.5. The Hall–Kier alpha value is -2.86. The molecular formula is C17H13ClN4O2. The number of anilines is 2. The molecule has 0 spiro atoms. The number of rotatable bonds is 3. The number of imidazole rings is 1. The summed E-state index contributed by atoms with van der Waals surface area (Å²) >= 11 is 5.91. The number of carbonyl (C=O) groups is 2. The summed E-state index contributed by atoms with van der Waals surface area (Å²) in [4.78, 5) is 28.9. The first-order valence-corrected chi connectivity index (χ1v) is 7.83. The maximum atomic E-state index is 12.3.